The van der Waals surface area contributed by atoms with E-state index in [0.717, 1.165) is 35.8 Å². The molecule has 0 radical (unpaired) electrons. The Labute approximate surface area is 107 Å². The van der Waals surface area contributed by atoms with E-state index in [1.54, 1.807) is 17.4 Å². The third-order valence-electron chi connectivity index (χ3n) is 2.77. The van der Waals surface area contributed by atoms with Gasteiger partial charge in [-0.15, -0.1) is 11.3 Å². The highest BCUT2D eigenvalue weighted by Gasteiger charge is 2.16. The van der Waals surface area contributed by atoms with Crippen LogP contribution in [0.5, 0.6) is 0 Å². The van der Waals surface area contributed by atoms with E-state index >= 15 is 0 Å². The Balaban J connectivity index is 2.03. The van der Waals surface area contributed by atoms with Gasteiger partial charge in [-0.3, -0.25) is 0 Å². The highest BCUT2D eigenvalue weighted by molar-refractivity contribution is 7.15. The lowest BCUT2D eigenvalue weighted by Crippen LogP contribution is -2.22. The van der Waals surface area contributed by atoms with Crippen molar-refractivity contribution >= 4 is 22.9 Å². The zero-order chi connectivity index (χ0) is 11.8. The predicted octanol–water partition coefficient (Wildman–Crippen LogP) is 3.25. The number of hydrogen-bond acceptors (Lipinski definition) is 3. The van der Waals surface area contributed by atoms with Gasteiger partial charge in [-0.2, -0.15) is 0 Å². The molecule has 1 aromatic carbocycles. The Morgan fingerprint density at radius 3 is 3.06 bits per heavy atom. The molecule has 17 heavy (non-hydrogen) atoms. The highest BCUT2D eigenvalue weighted by Crippen LogP contribution is 2.31. The van der Waals surface area contributed by atoms with E-state index in [9.17, 15) is 4.39 Å². The van der Waals surface area contributed by atoms with Crippen LogP contribution in [0.4, 0.5) is 4.39 Å². The molecule has 0 bridgehead atoms. The minimum atomic E-state index is -0.393. The molecule has 0 amide bonds. The van der Waals surface area contributed by atoms with Gasteiger partial charge >= 0.3 is 0 Å². The molecule has 0 aliphatic carbocycles. The van der Waals surface area contributed by atoms with Crippen LogP contribution >= 0.6 is 22.9 Å². The number of benzene rings is 1. The number of nitrogens with zero attached hydrogens (tertiary/aromatic N) is 1. The Kier molecular flexibility index (Phi) is 2.86. The Morgan fingerprint density at radius 2 is 2.29 bits per heavy atom. The summed E-state index contributed by atoms with van der Waals surface area (Å²) in [5.41, 5.74) is 1.94. The predicted molar refractivity (Wildman–Crippen MR) is 67.9 cm³/mol. The van der Waals surface area contributed by atoms with Crippen LogP contribution in [-0.2, 0) is 13.0 Å². The second kappa shape index (κ2) is 4.37. The van der Waals surface area contributed by atoms with E-state index in [1.165, 1.54) is 10.9 Å². The molecular weight excluding hydrogens is 259 g/mol. The van der Waals surface area contributed by atoms with Crippen LogP contribution in [0.15, 0.2) is 18.2 Å². The number of aromatic nitrogens is 1. The molecule has 0 saturated carbocycles. The van der Waals surface area contributed by atoms with Gasteiger partial charge in [0.1, 0.15) is 10.8 Å². The van der Waals surface area contributed by atoms with Gasteiger partial charge in [0.05, 0.1) is 10.7 Å². The molecule has 0 spiro atoms. The fourth-order valence-corrected chi connectivity index (χ4v) is 3.07. The third kappa shape index (κ3) is 2.08. The average molecular weight is 269 g/mol. The van der Waals surface area contributed by atoms with Gasteiger partial charge in [-0.1, -0.05) is 17.7 Å². The molecule has 0 saturated heterocycles. The summed E-state index contributed by atoms with van der Waals surface area (Å²) in [5, 5.41) is 4.32. The lowest BCUT2D eigenvalue weighted by atomic mass is 10.2. The molecule has 0 unspecified atom stereocenters. The van der Waals surface area contributed by atoms with Crippen LogP contribution in [-0.4, -0.2) is 11.5 Å². The zero-order valence-corrected chi connectivity index (χ0v) is 10.5. The lowest BCUT2D eigenvalue weighted by Gasteiger charge is -2.09. The quantitative estimate of drug-likeness (QED) is 0.859. The molecule has 3 rings (SSSR count). The summed E-state index contributed by atoms with van der Waals surface area (Å²) >= 11 is 7.29. The van der Waals surface area contributed by atoms with Crippen molar-refractivity contribution in [2.45, 2.75) is 13.0 Å². The van der Waals surface area contributed by atoms with Gasteiger partial charge in [0.25, 0.3) is 0 Å². The van der Waals surface area contributed by atoms with E-state index < -0.39 is 5.82 Å². The molecule has 88 valence electrons. The summed E-state index contributed by atoms with van der Waals surface area (Å²) in [4.78, 5) is 5.81. The van der Waals surface area contributed by atoms with Gasteiger partial charge < -0.3 is 5.32 Å². The minimum Gasteiger partial charge on any atom is -0.311 e. The Morgan fingerprint density at radius 1 is 1.41 bits per heavy atom. The second-order valence-electron chi connectivity index (χ2n) is 3.94. The van der Waals surface area contributed by atoms with Gasteiger partial charge in [-0.25, -0.2) is 9.37 Å². The van der Waals surface area contributed by atoms with E-state index in [1.807, 2.05) is 6.07 Å². The van der Waals surface area contributed by atoms with Crippen molar-refractivity contribution in [1.82, 2.24) is 10.3 Å². The summed E-state index contributed by atoms with van der Waals surface area (Å²) in [7, 11) is 0. The summed E-state index contributed by atoms with van der Waals surface area (Å²) in [6, 6.07) is 4.83. The summed E-state index contributed by atoms with van der Waals surface area (Å²) < 4.78 is 13.4. The van der Waals surface area contributed by atoms with E-state index in [4.69, 9.17) is 11.6 Å². The molecule has 1 N–H and O–H groups in total. The summed E-state index contributed by atoms with van der Waals surface area (Å²) in [5.74, 6) is -0.393. The van der Waals surface area contributed by atoms with E-state index in [0.29, 0.717) is 0 Å². The Hall–Kier alpha value is -0.970. The normalized spacial score (nSPS) is 14.7. The van der Waals surface area contributed by atoms with Crippen molar-refractivity contribution in [3.05, 3.63) is 39.6 Å². The van der Waals surface area contributed by atoms with Crippen molar-refractivity contribution in [2.24, 2.45) is 0 Å². The average Bonchev–Trinajstić information content (AvgIpc) is 2.76. The molecule has 2 aromatic rings. The number of fused-ring (bicyclic) bond motifs is 1. The molecule has 2 heterocycles. The van der Waals surface area contributed by atoms with Crippen molar-refractivity contribution in [1.29, 1.82) is 0 Å². The molecule has 2 nitrogen and oxygen atoms in total. The molecular formula is C12H10ClFN2S. The van der Waals surface area contributed by atoms with Crippen molar-refractivity contribution < 1.29 is 4.39 Å². The number of thiazole rings is 1. The largest absolute Gasteiger partial charge is 0.311 e. The number of halogens is 2. The van der Waals surface area contributed by atoms with Crippen LogP contribution < -0.4 is 5.32 Å². The molecule has 0 fully saturated rings. The van der Waals surface area contributed by atoms with Gasteiger partial charge in [0.15, 0.2) is 0 Å². The maximum absolute atomic E-state index is 13.4. The van der Waals surface area contributed by atoms with Crippen LogP contribution in [0.25, 0.3) is 10.6 Å². The monoisotopic (exact) mass is 268 g/mol. The molecule has 5 heteroatoms. The van der Waals surface area contributed by atoms with Crippen molar-refractivity contribution in [3.63, 3.8) is 0 Å². The number of hydrogen-bond donors (Lipinski definition) is 1. The SMILES string of the molecule is Fc1cc(-c2nc3c(s2)CNCC3)ccc1Cl. The third-order valence-corrected chi connectivity index (χ3v) is 4.22. The first-order valence-corrected chi connectivity index (χ1v) is 6.58. The molecule has 1 aromatic heterocycles. The zero-order valence-electron chi connectivity index (χ0n) is 8.96. The highest BCUT2D eigenvalue weighted by atomic mass is 35.5. The fraction of sp³-hybridized carbons (Fsp3) is 0.250. The smallest absolute Gasteiger partial charge is 0.142 e. The van der Waals surface area contributed by atoms with Gasteiger partial charge in [0.2, 0.25) is 0 Å². The minimum absolute atomic E-state index is 0.150. The molecule has 1 aliphatic rings. The maximum Gasteiger partial charge on any atom is 0.142 e. The van der Waals surface area contributed by atoms with Gasteiger partial charge in [-0.05, 0) is 12.1 Å². The van der Waals surface area contributed by atoms with Gasteiger partial charge in [0, 0.05) is 30.0 Å². The first kappa shape index (κ1) is 11.1. The Bertz CT molecular complexity index is 544. The summed E-state index contributed by atoms with van der Waals surface area (Å²) in [6.07, 6.45) is 0.946. The summed E-state index contributed by atoms with van der Waals surface area (Å²) in [6.45, 7) is 1.83. The first-order chi connectivity index (χ1) is 8.24. The molecule has 1 aliphatic heterocycles. The van der Waals surface area contributed by atoms with E-state index in [2.05, 4.69) is 10.3 Å². The number of nitrogens with one attached hydrogen (secondary N) is 1. The molecule has 0 atom stereocenters. The standard InChI is InChI=1S/C12H10ClFN2S/c13-8-2-1-7(5-9(8)14)12-16-10-3-4-15-6-11(10)17-12/h1-2,5,15H,3-4,6H2. The van der Waals surface area contributed by atoms with Crippen molar-refractivity contribution in [3.8, 4) is 10.6 Å². The fourth-order valence-electron chi connectivity index (χ4n) is 1.88. The second-order valence-corrected chi connectivity index (χ2v) is 5.44. The lowest BCUT2D eigenvalue weighted by molar-refractivity contribution is 0.628. The van der Waals surface area contributed by atoms with E-state index in [-0.39, 0.29) is 5.02 Å². The topological polar surface area (TPSA) is 24.9 Å². The number of rotatable bonds is 1. The van der Waals surface area contributed by atoms with Crippen molar-refractivity contribution in [2.75, 3.05) is 6.54 Å². The van der Waals surface area contributed by atoms with Crippen LogP contribution in [0, 0.1) is 5.82 Å². The van der Waals surface area contributed by atoms with Crippen LogP contribution in [0.3, 0.4) is 0 Å². The first-order valence-electron chi connectivity index (χ1n) is 5.39. The maximum atomic E-state index is 13.4. The van der Waals surface area contributed by atoms with Crippen LogP contribution in [0.1, 0.15) is 10.6 Å². The van der Waals surface area contributed by atoms with Crippen LogP contribution in [0.2, 0.25) is 5.02 Å².